The van der Waals surface area contributed by atoms with Crippen molar-refractivity contribution in [3.63, 3.8) is 0 Å². The van der Waals surface area contributed by atoms with Crippen LogP contribution >= 0.6 is 0 Å². The standard InChI is InChI=1S/C47H43N5O/c1-26-16-29(4)45-40(20-26)41-21-27(2)17-30(5)46(41)51(45)44-31(6)25-48-47(34(44)9)50-42-13-11-10-12-38(42)39-15-14-36(24-43(39)50)53-37-19-28(3)18-35(23-37)52-33(8)22-32(7)49-52/h10-25H,1-9H3. The summed E-state index contributed by atoms with van der Waals surface area (Å²) in [5, 5.41) is 9.62. The molecule has 0 radical (unpaired) electrons. The summed E-state index contributed by atoms with van der Waals surface area (Å²) >= 11 is 0. The van der Waals surface area contributed by atoms with Gasteiger partial charge < -0.3 is 9.30 Å². The lowest BCUT2D eigenvalue weighted by Gasteiger charge is -2.20. The first kappa shape index (κ1) is 32.7. The average Bonchev–Trinajstić information content (AvgIpc) is 3.73. The number of aromatic nitrogens is 5. The smallest absolute Gasteiger partial charge is 0.142 e. The molecule has 6 heteroatoms. The van der Waals surface area contributed by atoms with E-state index < -0.39 is 0 Å². The number of nitrogens with zero attached hydrogens (tertiary/aromatic N) is 5. The third kappa shape index (κ3) is 5.15. The fraction of sp³-hybridized carbons (Fsp3) is 0.191. The van der Waals surface area contributed by atoms with E-state index in [2.05, 4.69) is 156 Å². The molecule has 9 aromatic rings. The van der Waals surface area contributed by atoms with Crippen molar-refractivity contribution in [1.82, 2.24) is 23.9 Å². The number of ether oxygens (including phenoxy) is 1. The molecule has 6 nitrogen and oxygen atoms in total. The summed E-state index contributed by atoms with van der Waals surface area (Å²) in [6.45, 7) is 19.5. The summed E-state index contributed by atoms with van der Waals surface area (Å²) in [6, 6.07) is 32.7. The molecule has 0 N–H and O–H groups in total. The lowest BCUT2D eigenvalue weighted by Crippen LogP contribution is -2.08. The molecule has 262 valence electrons. The van der Waals surface area contributed by atoms with Crippen molar-refractivity contribution in [3.05, 3.63) is 148 Å². The van der Waals surface area contributed by atoms with Crippen LogP contribution in [0.15, 0.2) is 97.2 Å². The molecule has 9 rings (SSSR count). The fourth-order valence-corrected chi connectivity index (χ4v) is 8.72. The van der Waals surface area contributed by atoms with E-state index in [4.69, 9.17) is 14.8 Å². The Hall–Kier alpha value is -6.14. The first-order chi connectivity index (χ1) is 25.5. The van der Waals surface area contributed by atoms with Crippen molar-refractivity contribution in [1.29, 1.82) is 0 Å². The third-order valence-corrected chi connectivity index (χ3v) is 10.7. The first-order valence-electron chi connectivity index (χ1n) is 18.3. The second kappa shape index (κ2) is 12.0. The molecule has 0 unspecified atom stereocenters. The highest BCUT2D eigenvalue weighted by Crippen LogP contribution is 2.41. The number of para-hydroxylation sites is 1. The van der Waals surface area contributed by atoms with Gasteiger partial charge in [0.25, 0.3) is 0 Å². The lowest BCUT2D eigenvalue weighted by molar-refractivity contribution is 0.482. The number of hydrogen-bond donors (Lipinski definition) is 0. The first-order valence-corrected chi connectivity index (χ1v) is 18.3. The Kier molecular flexibility index (Phi) is 7.39. The number of pyridine rings is 1. The van der Waals surface area contributed by atoms with Gasteiger partial charge >= 0.3 is 0 Å². The topological polar surface area (TPSA) is 49.8 Å². The zero-order valence-electron chi connectivity index (χ0n) is 31.9. The molecule has 0 bridgehead atoms. The molecule has 0 aliphatic carbocycles. The van der Waals surface area contributed by atoms with Crippen LogP contribution in [0.4, 0.5) is 0 Å². The zero-order valence-corrected chi connectivity index (χ0v) is 31.9. The molecule has 0 spiro atoms. The number of hydrogen-bond acceptors (Lipinski definition) is 3. The largest absolute Gasteiger partial charge is 0.457 e. The normalized spacial score (nSPS) is 11.9. The van der Waals surface area contributed by atoms with Crippen molar-refractivity contribution in [3.8, 4) is 28.7 Å². The van der Waals surface area contributed by atoms with E-state index in [9.17, 15) is 0 Å². The van der Waals surface area contributed by atoms with Gasteiger partial charge in [0.2, 0.25) is 0 Å². The Morgan fingerprint density at radius 3 is 1.87 bits per heavy atom. The molecule has 0 atom stereocenters. The maximum absolute atomic E-state index is 6.66. The minimum absolute atomic E-state index is 0.760. The summed E-state index contributed by atoms with van der Waals surface area (Å²) in [7, 11) is 0. The van der Waals surface area contributed by atoms with E-state index in [0.717, 1.165) is 67.5 Å². The number of benzene rings is 5. The SMILES string of the molecule is Cc1cc(Oc2ccc3c4ccccc4n(-c4ncc(C)c(-n5c6c(C)cc(C)cc6c6cc(C)cc(C)c65)c4C)c3c2)cc(-n2nc(C)cc2C)c1. The Labute approximate surface area is 309 Å². The second-order valence-electron chi connectivity index (χ2n) is 15.0. The molecule has 0 saturated heterocycles. The van der Waals surface area contributed by atoms with E-state index in [-0.39, 0.29) is 0 Å². The molecule has 4 aromatic heterocycles. The molecule has 0 aliphatic heterocycles. The van der Waals surface area contributed by atoms with Crippen molar-refractivity contribution in [2.24, 2.45) is 0 Å². The van der Waals surface area contributed by atoms with Crippen LogP contribution < -0.4 is 4.74 Å². The van der Waals surface area contributed by atoms with Gasteiger partial charge in [-0.1, -0.05) is 41.5 Å². The fourth-order valence-electron chi connectivity index (χ4n) is 8.72. The Morgan fingerprint density at radius 2 is 1.19 bits per heavy atom. The van der Waals surface area contributed by atoms with Crippen LogP contribution in [0, 0.1) is 62.3 Å². The second-order valence-corrected chi connectivity index (χ2v) is 15.0. The molecule has 0 fully saturated rings. The van der Waals surface area contributed by atoms with Gasteiger partial charge in [-0.25, -0.2) is 9.67 Å². The molecule has 5 aromatic carbocycles. The molecule has 0 amide bonds. The minimum atomic E-state index is 0.760. The van der Waals surface area contributed by atoms with Gasteiger partial charge in [-0.05, 0) is 133 Å². The minimum Gasteiger partial charge on any atom is -0.457 e. The Morgan fingerprint density at radius 1 is 0.528 bits per heavy atom. The Bertz CT molecular complexity index is 2910. The number of aryl methyl sites for hydroxylation is 8. The predicted octanol–water partition coefficient (Wildman–Crippen LogP) is 12.0. The van der Waals surface area contributed by atoms with Gasteiger partial charge in [0.15, 0.2) is 0 Å². The van der Waals surface area contributed by atoms with E-state index in [0.29, 0.717) is 0 Å². The van der Waals surface area contributed by atoms with E-state index in [1.807, 2.05) is 17.8 Å². The van der Waals surface area contributed by atoms with Gasteiger partial charge in [-0.15, -0.1) is 0 Å². The van der Waals surface area contributed by atoms with Crippen LogP contribution in [-0.4, -0.2) is 23.9 Å². The van der Waals surface area contributed by atoms with Crippen LogP contribution in [0.25, 0.3) is 60.8 Å². The van der Waals surface area contributed by atoms with Gasteiger partial charge in [0, 0.05) is 51.1 Å². The summed E-state index contributed by atoms with van der Waals surface area (Å²) in [6.07, 6.45) is 2.04. The van der Waals surface area contributed by atoms with Gasteiger partial charge in [-0.2, -0.15) is 5.10 Å². The van der Waals surface area contributed by atoms with Crippen molar-refractivity contribution in [2.45, 2.75) is 62.3 Å². The van der Waals surface area contributed by atoms with E-state index >= 15 is 0 Å². The molecule has 4 heterocycles. The highest BCUT2D eigenvalue weighted by molar-refractivity contribution is 6.12. The van der Waals surface area contributed by atoms with Gasteiger partial charge in [0.1, 0.15) is 17.3 Å². The average molecular weight is 694 g/mol. The van der Waals surface area contributed by atoms with Crippen molar-refractivity contribution >= 4 is 43.6 Å². The number of rotatable bonds is 5. The van der Waals surface area contributed by atoms with Crippen LogP contribution in [0.2, 0.25) is 0 Å². The van der Waals surface area contributed by atoms with Crippen molar-refractivity contribution < 1.29 is 4.74 Å². The zero-order chi connectivity index (χ0) is 36.9. The third-order valence-electron chi connectivity index (χ3n) is 10.7. The monoisotopic (exact) mass is 693 g/mol. The molecular weight excluding hydrogens is 651 g/mol. The molecule has 0 saturated carbocycles. The Balaban J connectivity index is 1.26. The quantitative estimate of drug-likeness (QED) is 0.180. The molecular formula is C47H43N5O. The molecule has 53 heavy (non-hydrogen) atoms. The predicted molar refractivity (Wildman–Crippen MR) is 219 cm³/mol. The van der Waals surface area contributed by atoms with E-state index in [1.165, 1.54) is 55.1 Å². The van der Waals surface area contributed by atoms with Gasteiger partial charge in [-0.3, -0.25) is 4.57 Å². The van der Waals surface area contributed by atoms with Crippen LogP contribution in [0.1, 0.15) is 50.3 Å². The highest BCUT2D eigenvalue weighted by Gasteiger charge is 2.23. The number of fused-ring (bicyclic) bond motifs is 6. The summed E-state index contributed by atoms with van der Waals surface area (Å²) in [5.74, 6) is 2.43. The maximum Gasteiger partial charge on any atom is 0.142 e. The van der Waals surface area contributed by atoms with Crippen molar-refractivity contribution in [2.75, 3.05) is 0 Å². The highest BCUT2D eigenvalue weighted by atomic mass is 16.5. The van der Waals surface area contributed by atoms with Crippen LogP contribution in [0.3, 0.4) is 0 Å². The van der Waals surface area contributed by atoms with Gasteiger partial charge in [0.05, 0.1) is 39.1 Å². The van der Waals surface area contributed by atoms with Crippen LogP contribution in [0.5, 0.6) is 11.5 Å². The van der Waals surface area contributed by atoms with E-state index in [1.54, 1.807) is 0 Å². The summed E-state index contributed by atoms with van der Waals surface area (Å²) in [4.78, 5) is 5.20. The van der Waals surface area contributed by atoms with Crippen LogP contribution in [-0.2, 0) is 0 Å². The molecule has 0 aliphatic rings. The summed E-state index contributed by atoms with van der Waals surface area (Å²) in [5.41, 5.74) is 17.3. The lowest BCUT2D eigenvalue weighted by atomic mass is 10.0. The summed E-state index contributed by atoms with van der Waals surface area (Å²) < 4.78 is 13.5. The maximum atomic E-state index is 6.66.